The summed E-state index contributed by atoms with van der Waals surface area (Å²) in [4.78, 5) is 0. The zero-order chi connectivity index (χ0) is 39.8. The van der Waals surface area contributed by atoms with Gasteiger partial charge in [-0.3, -0.25) is 0 Å². The number of rotatable bonds is 4. The fraction of sp³-hybridized carbons (Fsp3) is 0.122. The Morgan fingerprint density at radius 3 is 0.914 bits per heavy atom. The van der Waals surface area contributed by atoms with Crippen LogP contribution in [-0.2, 0) is 0 Å². The maximum atomic E-state index is 6.73. The van der Waals surface area contributed by atoms with Crippen LogP contribution in [0.25, 0.3) is 0 Å². The van der Waals surface area contributed by atoms with E-state index in [1.165, 1.54) is 15.9 Å². The van der Waals surface area contributed by atoms with Crippen LogP contribution in [0.4, 0.5) is 0 Å². The number of hydrogen-bond acceptors (Lipinski definition) is 0. The fourth-order valence-corrected chi connectivity index (χ4v) is 9.71. The van der Waals surface area contributed by atoms with Gasteiger partial charge in [-0.05, 0) is 59.9 Å². The average Bonchev–Trinajstić information content (AvgIpc) is 3.14. The first-order valence-corrected chi connectivity index (χ1v) is 34.4. The van der Waals surface area contributed by atoms with Gasteiger partial charge in [-0.25, -0.2) is 0 Å². The molecule has 0 amide bonds. The molecule has 0 nitrogen and oxygen atoms in total. The summed E-state index contributed by atoms with van der Waals surface area (Å²) in [6, 6.07) is 38.1. The summed E-state index contributed by atoms with van der Waals surface area (Å²) < 4.78 is 0. The summed E-state index contributed by atoms with van der Waals surface area (Å²) >= 11 is 46.2. The first kappa shape index (κ1) is 67.8. The van der Waals surface area contributed by atoms with Crippen molar-refractivity contribution in [2.45, 2.75) is 33.1 Å². The van der Waals surface area contributed by atoms with Crippen molar-refractivity contribution in [1.29, 1.82) is 0 Å². The minimum absolute atomic E-state index is 0. The first-order valence-electron chi connectivity index (χ1n) is 16.3. The molecule has 58 heavy (non-hydrogen) atoms. The van der Waals surface area contributed by atoms with Gasteiger partial charge < -0.3 is 37.2 Å². The molecule has 0 spiro atoms. The van der Waals surface area contributed by atoms with Crippen LogP contribution >= 0.6 is 88.6 Å². The maximum absolute atomic E-state index is 6.73. The Labute approximate surface area is 440 Å². The summed E-state index contributed by atoms with van der Waals surface area (Å²) in [6.45, 7) is 5.43. The molecule has 4 aromatic rings. The van der Waals surface area contributed by atoms with Crippen molar-refractivity contribution in [3.63, 3.8) is 0 Å². The predicted molar refractivity (Wildman–Crippen MR) is 265 cm³/mol. The Balaban J connectivity index is -0.000000197. The second-order valence-electron chi connectivity index (χ2n) is 11.6. The molecule has 0 N–H and O–H groups in total. The van der Waals surface area contributed by atoms with Crippen LogP contribution in [0.3, 0.4) is 0 Å². The predicted octanol–water partition coefficient (Wildman–Crippen LogP) is 3.16. The zero-order valence-electron chi connectivity index (χ0n) is 32.7. The molecule has 0 radical (unpaired) electrons. The van der Waals surface area contributed by atoms with Crippen LogP contribution in [-0.4, -0.2) is 72.9 Å². The molecule has 0 bridgehead atoms. The van der Waals surface area contributed by atoms with Crippen molar-refractivity contribution >= 4 is 182 Å². The normalized spacial score (nSPS) is 11.4. The van der Waals surface area contributed by atoms with E-state index < -0.39 is 26.8 Å². The molecule has 2 aliphatic carbocycles. The molecule has 6 rings (SSSR count). The quantitative estimate of drug-likeness (QED) is 0.168. The van der Waals surface area contributed by atoms with E-state index in [1.54, 1.807) is 6.55 Å². The standard InChI is InChI=1S/C13H13ClSi.2C7H8Cl2Si.C7H7.C6H4.CH3Cl3Si.3ClH.2Mg/c1-15(14,12-8-4-2-5-9-12)13-10-6-3-7-11-13;2*1-10(8,9)7-5-3-2-4-6-7;1-7-5-3-2-4-6-7;1-2-4-6-5-3-1;1-5(2,3)4;;;;;/h2-11H,1H3;2*2-6H,1H3;2-5H,1H3;1-4H;1H3;3*1H;;/q;;;+1;;;;;;2*+2/p-3. The Kier molecular flexibility index (Phi) is 43.4. The van der Waals surface area contributed by atoms with E-state index in [1.807, 2.05) is 166 Å². The van der Waals surface area contributed by atoms with Gasteiger partial charge in [0, 0.05) is 24.3 Å². The first-order chi connectivity index (χ1) is 24.8. The second-order valence-corrected chi connectivity index (χ2v) is 42.1. The van der Waals surface area contributed by atoms with Gasteiger partial charge in [0.15, 0.2) is 0 Å². The van der Waals surface area contributed by atoms with Crippen LogP contribution in [0, 0.1) is 18.2 Å². The number of benzene rings is 4. The third-order valence-electron chi connectivity index (χ3n) is 6.61. The Bertz CT molecular complexity index is 1630. The smallest absolute Gasteiger partial charge is 1.00 e. The summed E-state index contributed by atoms with van der Waals surface area (Å²) in [5.41, 5.74) is 1.20. The fourth-order valence-electron chi connectivity index (χ4n) is 3.92. The van der Waals surface area contributed by atoms with Gasteiger partial charge in [0.2, 0.25) is 7.38 Å². The largest absolute Gasteiger partial charge is 2.00 e. The van der Waals surface area contributed by atoms with Crippen LogP contribution < -0.4 is 58.0 Å². The van der Waals surface area contributed by atoms with Crippen molar-refractivity contribution < 1.29 is 37.2 Å². The molecule has 0 saturated carbocycles. The van der Waals surface area contributed by atoms with E-state index in [0.29, 0.717) is 0 Å². The van der Waals surface area contributed by atoms with Crippen molar-refractivity contribution in [1.82, 2.24) is 0 Å². The minimum atomic E-state index is -2.19. The zero-order valence-corrected chi connectivity index (χ0v) is 47.9. The molecule has 0 aromatic heterocycles. The van der Waals surface area contributed by atoms with Gasteiger partial charge in [0.05, 0.1) is 6.08 Å². The molecule has 0 heterocycles. The molecule has 17 heteroatoms. The summed E-state index contributed by atoms with van der Waals surface area (Å²) in [7, 11) is -1.98. The topological polar surface area (TPSA) is 0 Å². The second kappa shape index (κ2) is 37.1. The van der Waals surface area contributed by atoms with E-state index in [-0.39, 0.29) is 83.3 Å². The molecular formula is C41H43Cl11Mg2Si4+2. The van der Waals surface area contributed by atoms with Gasteiger partial charge in [-0.1, -0.05) is 146 Å². The van der Waals surface area contributed by atoms with Crippen LogP contribution in [0.5, 0.6) is 0 Å². The number of allylic oxidation sites excluding steroid dienone is 12. The molecule has 302 valence electrons. The molecule has 0 atom stereocenters. The molecule has 0 saturated heterocycles. The summed E-state index contributed by atoms with van der Waals surface area (Å²) in [6.07, 6.45) is 23.9. The Morgan fingerprint density at radius 2 is 0.759 bits per heavy atom. The molecule has 2 aliphatic rings. The van der Waals surface area contributed by atoms with E-state index >= 15 is 0 Å². The molecule has 0 aliphatic heterocycles. The van der Waals surface area contributed by atoms with Gasteiger partial charge in [0.1, 0.15) is 11.6 Å². The number of hydrogen-bond donors (Lipinski definition) is 0. The van der Waals surface area contributed by atoms with Crippen molar-refractivity contribution in [2.75, 3.05) is 0 Å². The molecular weight excluding hydrogens is 1040 g/mol. The van der Waals surface area contributed by atoms with Crippen molar-refractivity contribution in [3.05, 3.63) is 194 Å². The molecule has 4 aromatic carbocycles. The molecule has 0 fully saturated rings. The SMILES string of the molecule is CC1=CC=CC=[C+]1.C[Si](Cl)(Cl)Cl.C[Si](Cl)(Cl)c1ccccc1.C[Si](Cl)(Cl)c1ccccc1.C[Si](Cl)(c1ccccc1)c1ccccc1.[C+]1=CC=CC=[C-]1.[Cl-].[Cl-].[Cl-].[Mg+2].[Mg+2]. The van der Waals surface area contributed by atoms with E-state index in [0.717, 1.165) is 10.4 Å². The van der Waals surface area contributed by atoms with Gasteiger partial charge in [-0.15, -0.1) is 77.6 Å². The minimum Gasteiger partial charge on any atom is -1.00 e. The summed E-state index contributed by atoms with van der Waals surface area (Å²) in [5, 5.41) is 4.66. The third-order valence-corrected chi connectivity index (χ3v) is 16.1. The maximum Gasteiger partial charge on any atom is 2.00 e. The van der Waals surface area contributed by atoms with Gasteiger partial charge in [0.25, 0.3) is 13.4 Å². The Morgan fingerprint density at radius 1 is 0.448 bits per heavy atom. The van der Waals surface area contributed by atoms with Gasteiger partial charge >= 0.3 is 52.1 Å². The van der Waals surface area contributed by atoms with Crippen molar-refractivity contribution in [3.8, 4) is 0 Å². The summed E-state index contributed by atoms with van der Waals surface area (Å²) in [5.74, 6) is 0. The third kappa shape index (κ3) is 35.2. The Hall–Kier alpha value is 0.730. The van der Waals surface area contributed by atoms with E-state index in [9.17, 15) is 0 Å². The average molecular weight is 1090 g/mol. The van der Waals surface area contributed by atoms with Crippen LogP contribution in [0.1, 0.15) is 6.92 Å². The van der Waals surface area contributed by atoms with Crippen LogP contribution in [0.2, 0.25) is 26.2 Å². The monoisotopic (exact) mass is 1080 g/mol. The van der Waals surface area contributed by atoms with Gasteiger partial charge in [-0.2, -0.15) is 11.1 Å². The van der Waals surface area contributed by atoms with E-state index in [4.69, 9.17) is 88.6 Å². The van der Waals surface area contributed by atoms with E-state index in [2.05, 4.69) is 49.0 Å². The van der Waals surface area contributed by atoms with Crippen molar-refractivity contribution in [2.24, 2.45) is 0 Å². The van der Waals surface area contributed by atoms with Crippen LogP contribution in [0.15, 0.2) is 176 Å². The number of halogens is 11. The molecule has 0 unspecified atom stereocenters.